The van der Waals surface area contributed by atoms with E-state index in [1.54, 1.807) is 6.07 Å². The van der Waals surface area contributed by atoms with Crippen LogP contribution in [0, 0.1) is 5.82 Å². The second-order valence-corrected chi connectivity index (χ2v) is 5.42. The minimum atomic E-state index is -0.254. The van der Waals surface area contributed by atoms with E-state index in [9.17, 15) is 4.39 Å². The smallest absolute Gasteiger partial charge is 0.137 e. The molecule has 0 saturated carbocycles. The Labute approximate surface area is 121 Å². The van der Waals surface area contributed by atoms with Crippen LogP contribution in [0.15, 0.2) is 53.0 Å². The summed E-state index contributed by atoms with van der Waals surface area (Å²) in [7, 11) is 0. The average molecular weight is 322 g/mol. The van der Waals surface area contributed by atoms with Crippen LogP contribution in [0.2, 0.25) is 0 Å². The van der Waals surface area contributed by atoms with Crippen LogP contribution in [0.1, 0.15) is 30.0 Å². The summed E-state index contributed by atoms with van der Waals surface area (Å²) < 4.78 is 13.9. The van der Waals surface area contributed by atoms with E-state index in [1.807, 2.05) is 24.3 Å². The molecule has 1 nitrogen and oxygen atoms in total. The lowest BCUT2D eigenvalue weighted by molar-refractivity contribution is 0.586. The van der Waals surface area contributed by atoms with Crippen molar-refractivity contribution in [1.29, 1.82) is 0 Å². The van der Waals surface area contributed by atoms with Crippen molar-refractivity contribution in [3.8, 4) is 0 Å². The SMILES string of the molecule is NC(CCCc1ccccc1)c1cccc(F)c1Br. The quantitative estimate of drug-likeness (QED) is 0.855. The van der Waals surface area contributed by atoms with E-state index in [0.29, 0.717) is 4.47 Å². The summed E-state index contributed by atoms with van der Waals surface area (Å²) in [4.78, 5) is 0. The third-order valence-corrected chi connectivity index (χ3v) is 4.04. The van der Waals surface area contributed by atoms with Gasteiger partial charge >= 0.3 is 0 Å². The van der Waals surface area contributed by atoms with Gasteiger partial charge in [-0.05, 0) is 52.4 Å². The lowest BCUT2D eigenvalue weighted by atomic mass is 10.00. The number of aryl methyl sites for hydroxylation is 1. The molecule has 0 aromatic heterocycles. The maximum atomic E-state index is 13.4. The summed E-state index contributed by atoms with van der Waals surface area (Å²) in [6.07, 6.45) is 2.84. The van der Waals surface area contributed by atoms with Gasteiger partial charge < -0.3 is 5.73 Å². The molecule has 2 rings (SSSR count). The van der Waals surface area contributed by atoms with Crippen LogP contribution < -0.4 is 5.73 Å². The second kappa shape index (κ2) is 6.83. The lowest BCUT2D eigenvalue weighted by Crippen LogP contribution is -2.11. The molecule has 100 valence electrons. The molecule has 0 spiro atoms. The van der Waals surface area contributed by atoms with E-state index in [-0.39, 0.29) is 11.9 Å². The zero-order valence-electron chi connectivity index (χ0n) is 10.7. The van der Waals surface area contributed by atoms with Gasteiger partial charge in [0, 0.05) is 6.04 Å². The van der Waals surface area contributed by atoms with Gasteiger partial charge in [-0.15, -0.1) is 0 Å². The van der Waals surface area contributed by atoms with Crippen LogP contribution in [0.4, 0.5) is 4.39 Å². The van der Waals surface area contributed by atoms with Crippen LogP contribution in [0.5, 0.6) is 0 Å². The summed E-state index contributed by atoms with van der Waals surface area (Å²) in [5.41, 5.74) is 8.29. The van der Waals surface area contributed by atoms with Crippen molar-refractivity contribution in [3.05, 3.63) is 69.9 Å². The first kappa shape index (κ1) is 14.2. The highest BCUT2D eigenvalue weighted by Gasteiger charge is 2.12. The zero-order valence-corrected chi connectivity index (χ0v) is 12.2. The van der Waals surface area contributed by atoms with Crippen LogP contribution in [0.25, 0.3) is 0 Å². The van der Waals surface area contributed by atoms with Crippen molar-refractivity contribution >= 4 is 15.9 Å². The molecule has 2 aromatic rings. The first-order valence-electron chi connectivity index (χ1n) is 6.42. The van der Waals surface area contributed by atoms with E-state index in [1.165, 1.54) is 11.6 Å². The van der Waals surface area contributed by atoms with Crippen LogP contribution in [0.3, 0.4) is 0 Å². The Morgan fingerprint density at radius 2 is 1.79 bits per heavy atom. The Kier molecular flexibility index (Phi) is 5.11. The number of benzene rings is 2. The fourth-order valence-electron chi connectivity index (χ4n) is 2.13. The Hall–Kier alpha value is -1.19. The molecule has 0 saturated heterocycles. The Balaban J connectivity index is 1.91. The summed E-state index contributed by atoms with van der Waals surface area (Å²) in [5, 5.41) is 0. The molecule has 0 amide bonds. The van der Waals surface area contributed by atoms with Crippen LogP contribution in [-0.4, -0.2) is 0 Å². The van der Waals surface area contributed by atoms with Gasteiger partial charge in [0.2, 0.25) is 0 Å². The van der Waals surface area contributed by atoms with Gasteiger partial charge in [-0.25, -0.2) is 4.39 Å². The molecule has 0 aliphatic rings. The highest BCUT2D eigenvalue weighted by molar-refractivity contribution is 9.10. The third kappa shape index (κ3) is 3.88. The fourth-order valence-corrected chi connectivity index (χ4v) is 2.69. The summed E-state index contributed by atoms with van der Waals surface area (Å²) in [6, 6.07) is 15.2. The monoisotopic (exact) mass is 321 g/mol. The largest absolute Gasteiger partial charge is 0.324 e. The number of nitrogens with two attached hydrogens (primary N) is 1. The molecule has 0 heterocycles. The Bertz CT molecular complexity index is 528. The summed E-state index contributed by atoms with van der Waals surface area (Å²) in [5.74, 6) is -0.254. The van der Waals surface area contributed by atoms with Crippen molar-refractivity contribution < 1.29 is 4.39 Å². The Morgan fingerprint density at radius 1 is 1.05 bits per heavy atom. The molecular formula is C16H17BrFN. The van der Waals surface area contributed by atoms with Crippen molar-refractivity contribution in [1.82, 2.24) is 0 Å². The predicted octanol–water partition coefficient (Wildman–Crippen LogP) is 4.61. The topological polar surface area (TPSA) is 26.0 Å². The highest BCUT2D eigenvalue weighted by atomic mass is 79.9. The van der Waals surface area contributed by atoms with Gasteiger partial charge in [0.1, 0.15) is 5.82 Å². The van der Waals surface area contributed by atoms with Crippen molar-refractivity contribution in [2.45, 2.75) is 25.3 Å². The molecule has 0 fully saturated rings. The van der Waals surface area contributed by atoms with Crippen molar-refractivity contribution in [2.24, 2.45) is 5.73 Å². The molecule has 2 N–H and O–H groups in total. The van der Waals surface area contributed by atoms with Gasteiger partial charge in [-0.1, -0.05) is 42.5 Å². The first-order chi connectivity index (χ1) is 9.18. The molecule has 2 aromatic carbocycles. The zero-order chi connectivity index (χ0) is 13.7. The van der Waals surface area contributed by atoms with E-state index in [4.69, 9.17) is 5.73 Å². The average Bonchev–Trinajstić information content (AvgIpc) is 2.43. The number of rotatable bonds is 5. The lowest BCUT2D eigenvalue weighted by Gasteiger charge is -2.14. The number of hydrogen-bond acceptors (Lipinski definition) is 1. The van der Waals surface area contributed by atoms with Crippen LogP contribution in [-0.2, 0) is 6.42 Å². The molecule has 19 heavy (non-hydrogen) atoms. The standard InChI is InChI=1S/C16H17BrFN/c17-16-13(9-5-10-14(16)18)15(19)11-4-8-12-6-2-1-3-7-12/h1-3,5-7,9-10,15H,4,8,11,19H2. The van der Waals surface area contributed by atoms with Gasteiger partial charge in [0.15, 0.2) is 0 Å². The van der Waals surface area contributed by atoms with E-state index < -0.39 is 0 Å². The van der Waals surface area contributed by atoms with Crippen molar-refractivity contribution in [3.63, 3.8) is 0 Å². The molecular weight excluding hydrogens is 305 g/mol. The van der Waals surface area contributed by atoms with Gasteiger partial charge in [-0.2, -0.15) is 0 Å². The van der Waals surface area contributed by atoms with E-state index in [0.717, 1.165) is 24.8 Å². The predicted molar refractivity (Wildman–Crippen MR) is 80.4 cm³/mol. The van der Waals surface area contributed by atoms with Gasteiger partial charge in [-0.3, -0.25) is 0 Å². The molecule has 0 aliphatic carbocycles. The third-order valence-electron chi connectivity index (χ3n) is 3.20. The first-order valence-corrected chi connectivity index (χ1v) is 7.21. The normalized spacial score (nSPS) is 12.4. The van der Waals surface area contributed by atoms with Crippen LogP contribution >= 0.6 is 15.9 Å². The summed E-state index contributed by atoms with van der Waals surface area (Å²) in [6.45, 7) is 0. The van der Waals surface area contributed by atoms with Gasteiger partial charge in [0.25, 0.3) is 0 Å². The molecule has 3 heteroatoms. The van der Waals surface area contributed by atoms with Crippen molar-refractivity contribution in [2.75, 3.05) is 0 Å². The molecule has 1 atom stereocenters. The number of hydrogen-bond donors (Lipinski definition) is 1. The van der Waals surface area contributed by atoms with E-state index >= 15 is 0 Å². The van der Waals surface area contributed by atoms with Gasteiger partial charge in [0.05, 0.1) is 4.47 Å². The fraction of sp³-hybridized carbons (Fsp3) is 0.250. The second-order valence-electron chi connectivity index (χ2n) is 4.63. The maximum absolute atomic E-state index is 13.4. The number of halogens is 2. The molecule has 1 unspecified atom stereocenters. The molecule has 0 radical (unpaired) electrons. The molecule has 0 aliphatic heterocycles. The Morgan fingerprint density at radius 3 is 2.53 bits per heavy atom. The highest BCUT2D eigenvalue weighted by Crippen LogP contribution is 2.27. The minimum Gasteiger partial charge on any atom is -0.324 e. The summed E-state index contributed by atoms with van der Waals surface area (Å²) >= 11 is 3.26. The minimum absolute atomic E-state index is 0.131. The molecule has 0 bridgehead atoms. The van der Waals surface area contributed by atoms with E-state index in [2.05, 4.69) is 28.1 Å². The maximum Gasteiger partial charge on any atom is 0.137 e.